The summed E-state index contributed by atoms with van der Waals surface area (Å²) in [5.74, 6) is 0. The maximum atomic E-state index is 12.1. The van der Waals surface area contributed by atoms with Crippen LogP contribution in [0.25, 0.3) is 0 Å². The molecule has 98 valence electrons. The van der Waals surface area contributed by atoms with Crippen molar-refractivity contribution in [3.8, 4) is 0 Å². The number of rotatable bonds is 3. The van der Waals surface area contributed by atoms with Crippen molar-refractivity contribution in [1.82, 2.24) is 4.72 Å². The van der Waals surface area contributed by atoms with Crippen LogP contribution in [0.1, 0.15) is 18.9 Å². The molecule has 1 atom stereocenters. The van der Waals surface area contributed by atoms with E-state index in [9.17, 15) is 8.42 Å². The van der Waals surface area contributed by atoms with Gasteiger partial charge in [0, 0.05) is 5.25 Å². The highest BCUT2D eigenvalue weighted by molar-refractivity contribution is 8.15. The van der Waals surface area contributed by atoms with Crippen LogP contribution in [0.3, 0.4) is 0 Å². The molecule has 0 fully saturated rings. The lowest BCUT2D eigenvalue weighted by Gasteiger charge is -2.08. The van der Waals surface area contributed by atoms with Gasteiger partial charge in [-0.1, -0.05) is 36.4 Å². The van der Waals surface area contributed by atoms with Gasteiger partial charge in [0.2, 0.25) is 0 Å². The minimum Gasteiger partial charge on any atom is -0.261 e. The van der Waals surface area contributed by atoms with E-state index in [4.69, 9.17) is 0 Å². The summed E-state index contributed by atoms with van der Waals surface area (Å²) in [6, 6.07) is 6.78. The Bertz CT molecular complexity index is 550. The lowest BCUT2D eigenvalue weighted by Crippen LogP contribution is -2.27. The van der Waals surface area contributed by atoms with Crippen molar-refractivity contribution in [3.05, 3.63) is 29.8 Å². The first-order chi connectivity index (χ1) is 8.51. The number of nitrogens with one attached hydrogen (secondary N) is 1. The molecule has 1 heterocycles. The zero-order chi connectivity index (χ0) is 13.2. The molecule has 1 aromatic rings. The summed E-state index contributed by atoms with van der Waals surface area (Å²) >= 11 is 1.50. The Morgan fingerprint density at radius 3 is 2.61 bits per heavy atom. The fourth-order valence-electron chi connectivity index (χ4n) is 1.58. The van der Waals surface area contributed by atoms with Gasteiger partial charge in [-0.3, -0.25) is 9.71 Å². The van der Waals surface area contributed by atoms with E-state index in [1.165, 1.54) is 11.8 Å². The standard InChI is InChI=1S/C12H16N2O2S2/c1-3-10-8-13-12(17-10)14-18(15,16)11-6-4-9(2)5-7-11/h4-7,10H,3,8H2,1-2H3,(H,13,14). The van der Waals surface area contributed by atoms with Crippen LogP contribution in [0.15, 0.2) is 34.2 Å². The van der Waals surface area contributed by atoms with Crippen LogP contribution >= 0.6 is 11.8 Å². The van der Waals surface area contributed by atoms with Gasteiger partial charge < -0.3 is 0 Å². The molecule has 6 heteroatoms. The minimum absolute atomic E-state index is 0.274. The Labute approximate surface area is 112 Å². The molecule has 0 spiro atoms. The molecule has 0 radical (unpaired) electrons. The number of benzene rings is 1. The maximum absolute atomic E-state index is 12.1. The number of sulfonamides is 1. The van der Waals surface area contributed by atoms with Crippen LogP contribution < -0.4 is 4.72 Å². The van der Waals surface area contributed by atoms with Gasteiger partial charge in [0.25, 0.3) is 10.0 Å². The Morgan fingerprint density at radius 2 is 2.06 bits per heavy atom. The third-order valence-corrected chi connectivity index (χ3v) is 5.48. The first kappa shape index (κ1) is 13.4. The van der Waals surface area contributed by atoms with Crippen LogP contribution in [0, 0.1) is 6.92 Å². The monoisotopic (exact) mass is 284 g/mol. The molecule has 1 unspecified atom stereocenters. The van der Waals surface area contributed by atoms with Crippen LogP contribution in [0.4, 0.5) is 0 Å². The fourth-order valence-corrected chi connectivity index (χ4v) is 3.79. The van der Waals surface area contributed by atoms with Gasteiger partial charge in [-0.25, -0.2) is 8.42 Å². The average molecular weight is 284 g/mol. The molecule has 1 N–H and O–H groups in total. The molecular formula is C12H16N2O2S2. The summed E-state index contributed by atoms with van der Waals surface area (Å²) in [6.45, 7) is 4.68. The quantitative estimate of drug-likeness (QED) is 0.925. The molecule has 18 heavy (non-hydrogen) atoms. The predicted octanol–water partition coefficient (Wildman–Crippen LogP) is 2.15. The summed E-state index contributed by atoms with van der Waals surface area (Å²) in [7, 11) is -3.49. The second-order valence-electron chi connectivity index (χ2n) is 4.21. The van der Waals surface area contributed by atoms with Crippen LogP contribution in [-0.4, -0.2) is 25.4 Å². The van der Waals surface area contributed by atoms with E-state index in [1.807, 2.05) is 6.92 Å². The van der Waals surface area contributed by atoms with E-state index in [0.29, 0.717) is 17.0 Å². The number of hydrogen-bond donors (Lipinski definition) is 1. The van der Waals surface area contributed by atoms with Gasteiger partial charge in [-0.15, -0.1) is 0 Å². The molecule has 1 aromatic carbocycles. The van der Waals surface area contributed by atoms with E-state index in [0.717, 1.165) is 12.0 Å². The van der Waals surface area contributed by atoms with E-state index >= 15 is 0 Å². The highest BCUT2D eigenvalue weighted by Crippen LogP contribution is 2.23. The molecule has 1 aliphatic rings. The lowest BCUT2D eigenvalue weighted by atomic mass is 10.2. The largest absolute Gasteiger partial charge is 0.263 e. The Balaban J connectivity index is 2.11. The minimum atomic E-state index is -3.49. The molecule has 0 saturated heterocycles. The molecule has 0 saturated carbocycles. The number of aryl methyl sites for hydroxylation is 1. The number of amidine groups is 1. The fraction of sp³-hybridized carbons (Fsp3) is 0.417. The zero-order valence-electron chi connectivity index (χ0n) is 10.4. The van der Waals surface area contributed by atoms with Crippen molar-refractivity contribution >= 4 is 27.0 Å². The smallest absolute Gasteiger partial charge is 0.261 e. The molecule has 0 bridgehead atoms. The Kier molecular flexibility index (Phi) is 3.97. The molecule has 1 aliphatic heterocycles. The van der Waals surface area contributed by atoms with Crippen LogP contribution in [-0.2, 0) is 10.0 Å². The molecule has 0 aliphatic carbocycles. The highest BCUT2D eigenvalue weighted by atomic mass is 32.2. The second-order valence-corrected chi connectivity index (χ2v) is 7.18. The molecule has 2 rings (SSSR count). The molecule has 0 aromatic heterocycles. The van der Waals surface area contributed by atoms with E-state index in [2.05, 4.69) is 16.6 Å². The van der Waals surface area contributed by atoms with E-state index in [-0.39, 0.29) is 4.90 Å². The molecular weight excluding hydrogens is 268 g/mol. The van der Waals surface area contributed by atoms with Crippen molar-refractivity contribution in [3.63, 3.8) is 0 Å². The van der Waals surface area contributed by atoms with Gasteiger partial charge in [0.15, 0.2) is 5.17 Å². The Morgan fingerprint density at radius 1 is 1.39 bits per heavy atom. The third-order valence-electron chi connectivity index (χ3n) is 2.73. The predicted molar refractivity (Wildman–Crippen MR) is 75.5 cm³/mol. The average Bonchev–Trinajstić information content (AvgIpc) is 2.76. The van der Waals surface area contributed by atoms with Crippen LogP contribution in [0.5, 0.6) is 0 Å². The summed E-state index contributed by atoms with van der Waals surface area (Å²) in [5, 5.41) is 0.892. The Hall–Kier alpha value is -1.01. The van der Waals surface area contributed by atoms with Crippen molar-refractivity contribution in [1.29, 1.82) is 0 Å². The number of thioether (sulfide) groups is 1. The van der Waals surface area contributed by atoms with E-state index < -0.39 is 10.0 Å². The highest BCUT2D eigenvalue weighted by Gasteiger charge is 2.23. The van der Waals surface area contributed by atoms with Gasteiger partial charge in [-0.2, -0.15) is 0 Å². The third kappa shape index (κ3) is 3.05. The summed E-state index contributed by atoms with van der Waals surface area (Å²) in [5.41, 5.74) is 1.03. The number of nitrogens with zero attached hydrogens (tertiary/aromatic N) is 1. The van der Waals surface area contributed by atoms with E-state index in [1.54, 1.807) is 24.3 Å². The summed E-state index contributed by atoms with van der Waals surface area (Å²) in [4.78, 5) is 4.48. The van der Waals surface area contributed by atoms with Gasteiger partial charge >= 0.3 is 0 Å². The van der Waals surface area contributed by atoms with Crippen molar-refractivity contribution < 1.29 is 8.42 Å². The first-order valence-corrected chi connectivity index (χ1v) is 8.18. The molecule has 4 nitrogen and oxygen atoms in total. The van der Waals surface area contributed by atoms with Crippen molar-refractivity contribution in [2.45, 2.75) is 30.4 Å². The van der Waals surface area contributed by atoms with Crippen LogP contribution in [0.2, 0.25) is 0 Å². The van der Waals surface area contributed by atoms with Gasteiger partial charge in [0.1, 0.15) is 0 Å². The molecule has 0 amide bonds. The maximum Gasteiger partial charge on any atom is 0.263 e. The summed E-state index contributed by atoms with van der Waals surface area (Å²) in [6.07, 6.45) is 0.990. The van der Waals surface area contributed by atoms with Crippen molar-refractivity contribution in [2.75, 3.05) is 6.54 Å². The van der Waals surface area contributed by atoms with Gasteiger partial charge in [-0.05, 0) is 25.5 Å². The first-order valence-electron chi connectivity index (χ1n) is 5.82. The second kappa shape index (κ2) is 5.32. The normalized spacial score (nSPS) is 19.7. The summed E-state index contributed by atoms with van der Waals surface area (Å²) < 4.78 is 26.7. The number of hydrogen-bond acceptors (Lipinski definition) is 4. The van der Waals surface area contributed by atoms with Crippen molar-refractivity contribution in [2.24, 2.45) is 4.99 Å². The zero-order valence-corrected chi connectivity index (χ0v) is 12.0. The van der Waals surface area contributed by atoms with Gasteiger partial charge in [0.05, 0.1) is 11.4 Å². The number of aliphatic imine (C=N–C) groups is 1. The lowest BCUT2D eigenvalue weighted by molar-refractivity contribution is 0.593. The topological polar surface area (TPSA) is 58.5 Å². The SMILES string of the molecule is CCC1CN=C(NS(=O)(=O)c2ccc(C)cc2)S1.